The molecule has 0 fully saturated rings. The molecule has 2 unspecified atom stereocenters. The van der Waals surface area contributed by atoms with Gasteiger partial charge in [-0.3, -0.25) is 0 Å². The first kappa shape index (κ1) is 17.2. The fraction of sp³-hybridized carbons (Fsp3) is 0.375. The molecular formula is C16H18Cl2O4. The quantitative estimate of drug-likeness (QED) is 0.723. The summed E-state index contributed by atoms with van der Waals surface area (Å²) in [4.78, 5) is 0. The van der Waals surface area contributed by atoms with Crippen molar-refractivity contribution in [2.24, 2.45) is 0 Å². The molecule has 120 valence electrons. The standard InChI is InChI=1S/C16H18Cl2O4/c17-7-13(19)9-21-15-3-1-11-5-16(4-2-12(11)6-15)22-10-14(20)8-18/h1-6,13-14,19-20H,7-10H2. The number of fused-ring (bicyclic) bond motifs is 1. The van der Waals surface area contributed by atoms with E-state index in [1.165, 1.54) is 0 Å². The lowest BCUT2D eigenvalue weighted by Crippen LogP contribution is -2.18. The third-order valence-corrected chi connectivity index (χ3v) is 3.74. The van der Waals surface area contributed by atoms with Crippen molar-refractivity contribution in [2.45, 2.75) is 12.2 Å². The smallest absolute Gasteiger partial charge is 0.120 e. The van der Waals surface area contributed by atoms with Gasteiger partial charge in [-0.05, 0) is 35.0 Å². The molecule has 0 amide bonds. The second kappa shape index (κ2) is 8.44. The number of aliphatic hydroxyl groups excluding tert-OH is 2. The predicted molar refractivity (Wildman–Crippen MR) is 88.4 cm³/mol. The van der Waals surface area contributed by atoms with Gasteiger partial charge in [0.05, 0.1) is 11.8 Å². The van der Waals surface area contributed by atoms with Gasteiger partial charge < -0.3 is 19.7 Å². The van der Waals surface area contributed by atoms with Gasteiger partial charge in [-0.2, -0.15) is 0 Å². The zero-order valence-corrected chi connectivity index (χ0v) is 13.4. The molecule has 2 aromatic rings. The van der Waals surface area contributed by atoms with E-state index < -0.39 is 12.2 Å². The molecule has 0 saturated heterocycles. The van der Waals surface area contributed by atoms with Crippen LogP contribution in [0.2, 0.25) is 0 Å². The third-order valence-electron chi connectivity index (χ3n) is 3.02. The molecular weight excluding hydrogens is 327 g/mol. The van der Waals surface area contributed by atoms with Crippen molar-refractivity contribution in [3.8, 4) is 11.5 Å². The summed E-state index contributed by atoms with van der Waals surface area (Å²) >= 11 is 11.0. The Morgan fingerprint density at radius 3 is 1.55 bits per heavy atom. The zero-order chi connectivity index (χ0) is 15.9. The van der Waals surface area contributed by atoms with Crippen molar-refractivity contribution in [3.63, 3.8) is 0 Å². The summed E-state index contributed by atoms with van der Waals surface area (Å²) in [5.41, 5.74) is 0. The molecule has 4 nitrogen and oxygen atoms in total. The molecule has 22 heavy (non-hydrogen) atoms. The first-order valence-corrected chi connectivity index (χ1v) is 7.96. The molecule has 0 heterocycles. The van der Waals surface area contributed by atoms with Crippen LogP contribution in [0.15, 0.2) is 36.4 Å². The van der Waals surface area contributed by atoms with Crippen LogP contribution in [-0.4, -0.2) is 47.4 Å². The van der Waals surface area contributed by atoms with Crippen LogP contribution < -0.4 is 9.47 Å². The average molecular weight is 345 g/mol. The second-order valence-corrected chi connectivity index (χ2v) is 5.53. The molecule has 2 N–H and O–H groups in total. The van der Waals surface area contributed by atoms with E-state index in [4.69, 9.17) is 32.7 Å². The molecule has 0 spiro atoms. The van der Waals surface area contributed by atoms with Gasteiger partial charge >= 0.3 is 0 Å². The number of hydrogen-bond donors (Lipinski definition) is 2. The van der Waals surface area contributed by atoms with Crippen molar-refractivity contribution < 1.29 is 19.7 Å². The zero-order valence-electron chi connectivity index (χ0n) is 11.9. The summed E-state index contributed by atoms with van der Waals surface area (Å²) < 4.78 is 11.0. The lowest BCUT2D eigenvalue weighted by Gasteiger charge is -2.12. The summed E-state index contributed by atoms with van der Waals surface area (Å²) in [5.74, 6) is 1.62. The normalized spacial score (nSPS) is 13.8. The van der Waals surface area contributed by atoms with Crippen LogP contribution >= 0.6 is 23.2 Å². The highest BCUT2D eigenvalue weighted by molar-refractivity contribution is 6.18. The largest absolute Gasteiger partial charge is 0.491 e. The Kier molecular flexibility index (Phi) is 6.58. The third kappa shape index (κ3) is 4.92. The number of hydrogen-bond acceptors (Lipinski definition) is 4. The summed E-state index contributed by atoms with van der Waals surface area (Å²) in [5, 5.41) is 20.8. The van der Waals surface area contributed by atoms with Gasteiger partial charge in [0.2, 0.25) is 0 Å². The van der Waals surface area contributed by atoms with E-state index in [2.05, 4.69) is 0 Å². The molecule has 0 radical (unpaired) electrons. The molecule has 6 heteroatoms. The highest BCUT2D eigenvalue weighted by Crippen LogP contribution is 2.25. The summed E-state index contributed by atoms with van der Waals surface area (Å²) in [7, 11) is 0. The van der Waals surface area contributed by atoms with E-state index in [-0.39, 0.29) is 25.0 Å². The minimum Gasteiger partial charge on any atom is -0.491 e. The Labute approximate surface area is 139 Å². The molecule has 0 aliphatic carbocycles. The first-order valence-electron chi connectivity index (χ1n) is 6.90. The van der Waals surface area contributed by atoms with Crippen molar-refractivity contribution in [1.82, 2.24) is 0 Å². The Bertz CT molecular complexity index is 552. The molecule has 0 bridgehead atoms. The van der Waals surface area contributed by atoms with Crippen LogP contribution in [-0.2, 0) is 0 Å². The van der Waals surface area contributed by atoms with Gasteiger partial charge in [0, 0.05) is 0 Å². The van der Waals surface area contributed by atoms with Crippen LogP contribution in [0.5, 0.6) is 11.5 Å². The monoisotopic (exact) mass is 344 g/mol. The van der Waals surface area contributed by atoms with E-state index in [9.17, 15) is 10.2 Å². The molecule has 0 aliphatic rings. The van der Waals surface area contributed by atoms with Crippen molar-refractivity contribution in [1.29, 1.82) is 0 Å². The predicted octanol–water partition coefficient (Wildman–Crippen LogP) is 2.80. The fourth-order valence-electron chi connectivity index (χ4n) is 1.86. The maximum absolute atomic E-state index is 9.39. The second-order valence-electron chi connectivity index (χ2n) is 4.91. The van der Waals surface area contributed by atoms with Crippen molar-refractivity contribution in [2.75, 3.05) is 25.0 Å². The van der Waals surface area contributed by atoms with Gasteiger partial charge in [-0.15, -0.1) is 23.2 Å². The highest BCUT2D eigenvalue weighted by atomic mass is 35.5. The van der Waals surface area contributed by atoms with Gasteiger partial charge in [-0.25, -0.2) is 0 Å². The van der Waals surface area contributed by atoms with Crippen LogP contribution in [0.4, 0.5) is 0 Å². The van der Waals surface area contributed by atoms with Crippen LogP contribution in [0.1, 0.15) is 0 Å². The van der Waals surface area contributed by atoms with Crippen LogP contribution in [0, 0.1) is 0 Å². The maximum Gasteiger partial charge on any atom is 0.120 e. The first-order chi connectivity index (χ1) is 10.6. The van der Waals surface area contributed by atoms with Crippen LogP contribution in [0.25, 0.3) is 10.8 Å². The molecule has 0 aliphatic heterocycles. The van der Waals surface area contributed by atoms with Crippen LogP contribution in [0.3, 0.4) is 0 Å². The number of aliphatic hydroxyl groups is 2. The molecule has 2 atom stereocenters. The molecule has 0 saturated carbocycles. The number of alkyl halides is 2. The number of benzene rings is 2. The van der Waals surface area contributed by atoms with Gasteiger partial charge in [0.25, 0.3) is 0 Å². The number of halogens is 2. The number of ether oxygens (including phenoxy) is 2. The molecule has 2 aromatic carbocycles. The average Bonchev–Trinajstić information content (AvgIpc) is 2.57. The van der Waals surface area contributed by atoms with E-state index in [0.29, 0.717) is 11.5 Å². The molecule has 2 rings (SSSR count). The van der Waals surface area contributed by atoms with Crippen molar-refractivity contribution >= 4 is 34.0 Å². The summed E-state index contributed by atoms with van der Waals surface area (Å²) in [6, 6.07) is 11.2. The van der Waals surface area contributed by atoms with Gasteiger partial charge in [-0.1, -0.05) is 12.1 Å². The summed E-state index contributed by atoms with van der Waals surface area (Å²) in [6.07, 6.45) is -1.36. The van der Waals surface area contributed by atoms with E-state index in [0.717, 1.165) is 10.8 Å². The van der Waals surface area contributed by atoms with E-state index in [1.807, 2.05) is 36.4 Å². The summed E-state index contributed by atoms with van der Waals surface area (Å²) in [6.45, 7) is 0.318. The lowest BCUT2D eigenvalue weighted by molar-refractivity contribution is 0.125. The Morgan fingerprint density at radius 2 is 1.18 bits per heavy atom. The topological polar surface area (TPSA) is 58.9 Å². The maximum atomic E-state index is 9.39. The molecule has 0 aromatic heterocycles. The Morgan fingerprint density at radius 1 is 0.773 bits per heavy atom. The fourth-order valence-corrected chi connectivity index (χ4v) is 2.03. The minimum atomic E-state index is -0.679. The van der Waals surface area contributed by atoms with Gasteiger partial charge in [0.15, 0.2) is 0 Å². The number of rotatable bonds is 8. The van der Waals surface area contributed by atoms with Crippen molar-refractivity contribution in [3.05, 3.63) is 36.4 Å². The minimum absolute atomic E-state index is 0.141. The Balaban J connectivity index is 2.05. The highest BCUT2D eigenvalue weighted by Gasteiger charge is 2.06. The van der Waals surface area contributed by atoms with Gasteiger partial charge in [0.1, 0.15) is 36.9 Å². The Hall–Kier alpha value is -1.20. The SMILES string of the molecule is OC(CCl)COc1ccc2cc(OCC(O)CCl)ccc2c1. The van der Waals surface area contributed by atoms with E-state index >= 15 is 0 Å². The van der Waals surface area contributed by atoms with E-state index in [1.54, 1.807) is 0 Å². The lowest BCUT2D eigenvalue weighted by atomic mass is 10.1.